The third-order valence-electron chi connectivity index (χ3n) is 4.77. The van der Waals surface area contributed by atoms with Crippen LogP contribution in [0, 0.1) is 0 Å². The van der Waals surface area contributed by atoms with Gasteiger partial charge in [0.05, 0.1) is 12.2 Å². The van der Waals surface area contributed by atoms with E-state index in [2.05, 4.69) is 34.4 Å². The van der Waals surface area contributed by atoms with Crippen molar-refractivity contribution in [3.8, 4) is 0 Å². The minimum Gasteiger partial charge on any atom is -0.346 e. The Labute approximate surface area is 164 Å². The molecule has 0 unspecified atom stereocenters. The predicted molar refractivity (Wildman–Crippen MR) is 108 cm³/mol. The Morgan fingerprint density at radius 2 is 2.15 bits per heavy atom. The lowest BCUT2D eigenvalue weighted by Gasteiger charge is -2.16. The van der Waals surface area contributed by atoms with Crippen molar-refractivity contribution in [2.45, 2.75) is 39.8 Å². The molecule has 2 amide bonds. The quantitative estimate of drug-likeness (QED) is 0.757. The van der Waals surface area contributed by atoms with E-state index in [1.165, 1.54) is 0 Å². The zero-order valence-corrected chi connectivity index (χ0v) is 16.7. The molecule has 0 bridgehead atoms. The number of nitrogens with zero attached hydrogens (tertiary/aromatic N) is 3. The van der Waals surface area contributed by atoms with Crippen molar-refractivity contribution < 1.29 is 9.59 Å². The number of aromatic nitrogens is 1. The van der Waals surface area contributed by atoms with Gasteiger partial charge in [-0.15, -0.1) is 11.3 Å². The smallest absolute Gasteiger partial charge is 0.251 e. The van der Waals surface area contributed by atoms with Crippen LogP contribution >= 0.6 is 11.3 Å². The highest BCUT2D eigenvalue weighted by atomic mass is 32.1. The first-order valence-electron chi connectivity index (χ1n) is 9.45. The fourth-order valence-electron chi connectivity index (χ4n) is 3.17. The van der Waals surface area contributed by atoms with Gasteiger partial charge in [0.1, 0.15) is 5.01 Å². The van der Waals surface area contributed by atoms with Gasteiger partial charge in [-0.3, -0.25) is 14.5 Å². The maximum absolute atomic E-state index is 12.5. The summed E-state index contributed by atoms with van der Waals surface area (Å²) in [6.07, 6.45) is 1.45. The monoisotopic (exact) mass is 386 g/mol. The maximum Gasteiger partial charge on any atom is 0.251 e. The molecule has 144 valence electrons. The summed E-state index contributed by atoms with van der Waals surface area (Å²) in [4.78, 5) is 33.1. The normalized spacial score (nSPS) is 14.2. The Kier molecular flexibility index (Phi) is 6.58. The van der Waals surface area contributed by atoms with Crippen molar-refractivity contribution in [3.63, 3.8) is 0 Å². The molecule has 0 atom stereocenters. The Morgan fingerprint density at radius 3 is 2.85 bits per heavy atom. The van der Waals surface area contributed by atoms with E-state index in [0.29, 0.717) is 18.5 Å². The molecule has 7 heteroatoms. The number of rotatable bonds is 8. The summed E-state index contributed by atoms with van der Waals surface area (Å²) in [7, 11) is 0. The van der Waals surface area contributed by atoms with Gasteiger partial charge >= 0.3 is 0 Å². The van der Waals surface area contributed by atoms with Gasteiger partial charge in [-0.1, -0.05) is 19.9 Å². The molecule has 1 aliphatic heterocycles. The van der Waals surface area contributed by atoms with Crippen LogP contribution < -0.4 is 10.2 Å². The number of carbonyl (C=O) groups excluding carboxylic acids is 2. The van der Waals surface area contributed by atoms with Crippen molar-refractivity contribution in [1.82, 2.24) is 15.2 Å². The van der Waals surface area contributed by atoms with Crippen molar-refractivity contribution in [2.24, 2.45) is 0 Å². The fraction of sp³-hybridized carbons (Fsp3) is 0.450. The Bertz CT molecular complexity index is 801. The van der Waals surface area contributed by atoms with Crippen molar-refractivity contribution in [1.29, 1.82) is 0 Å². The molecule has 0 spiro atoms. The lowest BCUT2D eigenvalue weighted by molar-refractivity contribution is -0.117. The van der Waals surface area contributed by atoms with Crippen LogP contribution in [0.1, 0.15) is 47.7 Å². The second-order valence-corrected chi connectivity index (χ2v) is 7.52. The highest BCUT2D eigenvalue weighted by molar-refractivity contribution is 7.09. The van der Waals surface area contributed by atoms with E-state index in [0.717, 1.165) is 49.0 Å². The van der Waals surface area contributed by atoms with Crippen LogP contribution in [-0.2, 0) is 17.9 Å². The summed E-state index contributed by atoms with van der Waals surface area (Å²) in [5, 5.41) is 5.89. The zero-order chi connectivity index (χ0) is 19.2. The second kappa shape index (κ2) is 9.10. The zero-order valence-electron chi connectivity index (χ0n) is 15.9. The van der Waals surface area contributed by atoms with Crippen LogP contribution in [0.4, 0.5) is 5.69 Å². The molecule has 1 aromatic heterocycles. The Morgan fingerprint density at radius 1 is 1.33 bits per heavy atom. The molecule has 27 heavy (non-hydrogen) atoms. The van der Waals surface area contributed by atoms with E-state index in [-0.39, 0.29) is 11.8 Å². The van der Waals surface area contributed by atoms with E-state index in [1.54, 1.807) is 28.4 Å². The number of thiazole rings is 1. The molecule has 1 N–H and O–H groups in total. The average molecular weight is 387 g/mol. The lowest BCUT2D eigenvalue weighted by Crippen LogP contribution is -2.26. The lowest BCUT2D eigenvalue weighted by atomic mass is 10.1. The molecule has 1 saturated heterocycles. The molecule has 6 nitrogen and oxygen atoms in total. The van der Waals surface area contributed by atoms with Gasteiger partial charge in [-0.25, -0.2) is 4.98 Å². The molecular formula is C20H26N4O2S. The number of hydrogen-bond acceptors (Lipinski definition) is 5. The summed E-state index contributed by atoms with van der Waals surface area (Å²) in [5.41, 5.74) is 2.40. The molecule has 2 aromatic rings. The van der Waals surface area contributed by atoms with E-state index < -0.39 is 0 Å². The van der Waals surface area contributed by atoms with Gasteiger partial charge < -0.3 is 10.2 Å². The van der Waals surface area contributed by atoms with Gasteiger partial charge in [0.2, 0.25) is 5.91 Å². The number of benzene rings is 1. The van der Waals surface area contributed by atoms with Gasteiger partial charge in [0.25, 0.3) is 5.91 Å². The Hall–Kier alpha value is -2.25. The van der Waals surface area contributed by atoms with Crippen molar-refractivity contribution in [2.75, 3.05) is 24.5 Å². The maximum atomic E-state index is 12.5. The first-order chi connectivity index (χ1) is 13.1. The largest absolute Gasteiger partial charge is 0.346 e. The first kappa shape index (κ1) is 19.5. The summed E-state index contributed by atoms with van der Waals surface area (Å²) in [6, 6.07) is 7.25. The topological polar surface area (TPSA) is 65.5 Å². The van der Waals surface area contributed by atoms with Crippen LogP contribution in [0.3, 0.4) is 0 Å². The van der Waals surface area contributed by atoms with Gasteiger partial charge in [-0.2, -0.15) is 0 Å². The highest BCUT2D eigenvalue weighted by Gasteiger charge is 2.22. The minimum atomic E-state index is -0.149. The molecule has 0 saturated carbocycles. The number of nitrogens with one attached hydrogen (secondary N) is 1. The van der Waals surface area contributed by atoms with Crippen LogP contribution in [0.15, 0.2) is 29.6 Å². The fourth-order valence-corrected chi connectivity index (χ4v) is 3.90. The molecule has 3 rings (SSSR count). The van der Waals surface area contributed by atoms with Crippen LogP contribution in [0.25, 0.3) is 0 Å². The summed E-state index contributed by atoms with van der Waals surface area (Å²) >= 11 is 1.57. The molecule has 1 fully saturated rings. The average Bonchev–Trinajstić information content (AvgIpc) is 3.33. The van der Waals surface area contributed by atoms with Gasteiger partial charge in [0, 0.05) is 36.1 Å². The summed E-state index contributed by atoms with van der Waals surface area (Å²) in [6.45, 7) is 8.24. The molecule has 2 heterocycles. The van der Waals surface area contributed by atoms with E-state index in [4.69, 9.17) is 0 Å². The summed E-state index contributed by atoms with van der Waals surface area (Å²) in [5.74, 6) is -0.0277. The van der Waals surface area contributed by atoms with E-state index in [9.17, 15) is 9.59 Å². The SMILES string of the molecule is CCN(CC)Cc1csc(CNC(=O)c2cccc(N3CCCC3=O)c2)n1. The predicted octanol–water partition coefficient (Wildman–Crippen LogP) is 3.04. The standard InChI is InChI=1S/C20H26N4O2S/c1-3-23(4-2)13-16-14-27-18(22-16)12-21-20(26)15-7-5-8-17(11-15)24-10-6-9-19(24)25/h5,7-8,11,14H,3-4,6,9-10,12-13H2,1-2H3,(H,21,26). The van der Waals surface area contributed by atoms with Crippen LogP contribution in [0.2, 0.25) is 0 Å². The van der Waals surface area contributed by atoms with Gasteiger partial charge in [-0.05, 0) is 37.7 Å². The number of carbonyl (C=O) groups is 2. The molecule has 0 aliphatic carbocycles. The third kappa shape index (κ3) is 4.93. The number of anilines is 1. The highest BCUT2D eigenvalue weighted by Crippen LogP contribution is 2.22. The van der Waals surface area contributed by atoms with E-state index in [1.807, 2.05) is 12.1 Å². The number of hydrogen-bond donors (Lipinski definition) is 1. The number of amides is 2. The molecular weight excluding hydrogens is 360 g/mol. The van der Waals surface area contributed by atoms with E-state index >= 15 is 0 Å². The van der Waals surface area contributed by atoms with Crippen molar-refractivity contribution in [3.05, 3.63) is 45.9 Å². The van der Waals surface area contributed by atoms with Gasteiger partial charge in [0.15, 0.2) is 0 Å². The molecule has 0 radical (unpaired) electrons. The molecule has 1 aromatic carbocycles. The Balaban J connectivity index is 1.58. The van der Waals surface area contributed by atoms with Crippen molar-refractivity contribution >= 4 is 28.8 Å². The molecule has 1 aliphatic rings. The second-order valence-electron chi connectivity index (χ2n) is 6.58. The first-order valence-corrected chi connectivity index (χ1v) is 10.3. The minimum absolute atomic E-state index is 0.121. The third-order valence-corrected chi connectivity index (χ3v) is 5.67. The van der Waals surface area contributed by atoms with Crippen LogP contribution in [-0.4, -0.2) is 41.3 Å². The van der Waals surface area contributed by atoms with Crippen LogP contribution in [0.5, 0.6) is 0 Å². The summed E-state index contributed by atoms with van der Waals surface area (Å²) < 4.78 is 0.